The van der Waals surface area contributed by atoms with E-state index in [-0.39, 0.29) is 23.3 Å². The molecule has 0 aliphatic carbocycles. The van der Waals surface area contributed by atoms with E-state index in [1.54, 1.807) is 12.1 Å². The minimum atomic E-state index is -0.227. The maximum Gasteiger partial charge on any atom is 0.125 e. The number of hydrogen-bond donors (Lipinski definition) is 1. The molecule has 2 rings (SSSR count). The lowest BCUT2D eigenvalue weighted by Gasteiger charge is -2.23. The molecule has 0 bridgehead atoms. The zero-order valence-corrected chi connectivity index (χ0v) is 13.7. The standard InChI is InChI=1S/C17H26FN3/c1-11(2)21-15-8-12(18)6-7-14(15)20-16(21)9-13(19)10-17(3,4)5/h6-8,11,13H,9-10,19H2,1-5H3. The summed E-state index contributed by atoms with van der Waals surface area (Å²) in [4.78, 5) is 4.66. The van der Waals surface area contributed by atoms with Gasteiger partial charge in [0.1, 0.15) is 11.6 Å². The number of aromatic nitrogens is 2. The first-order valence-corrected chi connectivity index (χ1v) is 7.59. The van der Waals surface area contributed by atoms with Crippen LogP contribution in [0.15, 0.2) is 18.2 Å². The molecule has 2 aromatic rings. The zero-order chi connectivity index (χ0) is 15.8. The van der Waals surface area contributed by atoms with Gasteiger partial charge in [-0.2, -0.15) is 0 Å². The number of rotatable bonds is 4. The molecule has 0 amide bonds. The fourth-order valence-electron chi connectivity index (χ4n) is 2.93. The Morgan fingerprint density at radius 2 is 1.95 bits per heavy atom. The smallest absolute Gasteiger partial charge is 0.125 e. The predicted octanol–water partition coefficient (Wildman–Crippen LogP) is 4.06. The van der Waals surface area contributed by atoms with Gasteiger partial charge in [-0.25, -0.2) is 9.37 Å². The molecule has 1 atom stereocenters. The molecular formula is C17H26FN3. The van der Waals surface area contributed by atoms with E-state index in [1.165, 1.54) is 6.07 Å². The molecule has 0 fully saturated rings. The molecule has 21 heavy (non-hydrogen) atoms. The predicted molar refractivity (Wildman–Crippen MR) is 85.8 cm³/mol. The third kappa shape index (κ3) is 3.82. The second kappa shape index (κ2) is 5.76. The summed E-state index contributed by atoms with van der Waals surface area (Å²) in [5.74, 6) is 0.720. The third-order valence-corrected chi connectivity index (χ3v) is 3.56. The van der Waals surface area contributed by atoms with Gasteiger partial charge in [0, 0.05) is 18.5 Å². The lowest BCUT2D eigenvalue weighted by Crippen LogP contribution is -2.29. The van der Waals surface area contributed by atoms with E-state index in [0.29, 0.717) is 6.42 Å². The van der Waals surface area contributed by atoms with Gasteiger partial charge in [0.05, 0.1) is 11.0 Å². The molecule has 0 radical (unpaired) electrons. The maximum absolute atomic E-state index is 13.5. The summed E-state index contributed by atoms with van der Waals surface area (Å²) in [6, 6.07) is 5.04. The molecule has 0 saturated carbocycles. The summed E-state index contributed by atoms with van der Waals surface area (Å²) in [5.41, 5.74) is 8.17. The van der Waals surface area contributed by atoms with Crippen LogP contribution in [0, 0.1) is 11.2 Å². The number of nitrogens with two attached hydrogens (primary N) is 1. The average Bonchev–Trinajstić information content (AvgIpc) is 2.63. The summed E-state index contributed by atoms with van der Waals surface area (Å²) in [6.45, 7) is 10.7. The number of fused-ring (bicyclic) bond motifs is 1. The van der Waals surface area contributed by atoms with Crippen LogP contribution < -0.4 is 5.73 Å². The van der Waals surface area contributed by atoms with E-state index >= 15 is 0 Å². The Bertz CT molecular complexity index is 623. The van der Waals surface area contributed by atoms with Crippen LogP contribution in [-0.2, 0) is 6.42 Å². The van der Waals surface area contributed by atoms with Gasteiger partial charge in [-0.3, -0.25) is 0 Å². The molecule has 116 valence electrons. The van der Waals surface area contributed by atoms with Gasteiger partial charge in [0.15, 0.2) is 0 Å². The van der Waals surface area contributed by atoms with Crippen molar-refractivity contribution in [2.75, 3.05) is 0 Å². The van der Waals surface area contributed by atoms with Crippen LogP contribution >= 0.6 is 0 Å². The van der Waals surface area contributed by atoms with Gasteiger partial charge in [-0.15, -0.1) is 0 Å². The van der Waals surface area contributed by atoms with Crippen LogP contribution in [0.5, 0.6) is 0 Å². The van der Waals surface area contributed by atoms with Crippen molar-refractivity contribution in [1.82, 2.24) is 9.55 Å². The van der Waals surface area contributed by atoms with E-state index in [2.05, 4.69) is 44.2 Å². The van der Waals surface area contributed by atoms with Crippen molar-refractivity contribution in [3.8, 4) is 0 Å². The second-order valence-electron chi connectivity index (χ2n) is 7.35. The quantitative estimate of drug-likeness (QED) is 0.923. The molecule has 0 aliphatic heterocycles. The van der Waals surface area contributed by atoms with E-state index in [1.807, 2.05) is 0 Å². The molecule has 0 saturated heterocycles. The highest BCUT2D eigenvalue weighted by Crippen LogP contribution is 2.25. The second-order valence-corrected chi connectivity index (χ2v) is 7.35. The molecule has 1 aromatic carbocycles. The van der Waals surface area contributed by atoms with Crippen LogP contribution in [0.25, 0.3) is 11.0 Å². The molecule has 0 spiro atoms. The van der Waals surface area contributed by atoms with E-state index in [9.17, 15) is 4.39 Å². The van der Waals surface area contributed by atoms with Crippen molar-refractivity contribution >= 4 is 11.0 Å². The van der Waals surface area contributed by atoms with Crippen LogP contribution in [-0.4, -0.2) is 15.6 Å². The van der Waals surface area contributed by atoms with Crippen LogP contribution in [0.4, 0.5) is 4.39 Å². The molecule has 3 nitrogen and oxygen atoms in total. The van der Waals surface area contributed by atoms with Gasteiger partial charge in [-0.1, -0.05) is 20.8 Å². The van der Waals surface area contributed by atoms with Crippen molar-refractivity contribution in [3.63, 3.8) is 0 Å². The number of benzene rings is 1. The fourth-order valence-corrected chi connectivity index (χ4v) is 2.93. The van der Waals surface area contributed by atoms with Crippen LogP contribution in [0.2, 0.25) is 0 Å². The van der Waals surface area contributed by atoms with E-state index in [0.717, 1.165) is 23.3 Å². The Morgan fingerprint density at radius 1 is 1.29 bits per heavy atom. The van der Waals surface area contributed by atoms with Crippen molar-refractivity contribution in [1.29, 1.82) is 0 Å². The van der Waals surface area contributed by atoms with Crippen LogP contribution in [0.1, 0.15) is 52.9 Å². The Morgan fingerprint density at radius 3 is 2.52 bits per heavy atom. The number of halogens is 1. The Labute approximate surface area is 126 Å². The highest BCUT2D eigenvalue weighted by atomic mass is 19.1. The van der Waals surface area contributed by atoms with Gasteiger partial charge < -0.3 is 10.3 Å². The third-order valence-electron chi connectivity index (χ3n) is 3.56. The first-order chi connectivity index (χ1) is 9.67. The molecule has 0 aliphatic rings. The highest BCUT2D eigenvalue weighted by molar-refractivity contribution is 5.76. The molecule has 1 unspecified atom stereocenters. The highest BCUT2D eigenvalue weighted by Gasteiger charge is 2.20. The van der Waals surface area contributed by atoms with E-state index < -0.39 is 0 Å². The minimum Gasteiger partial charge on any atom is -0.327 e. The van der Waals surface area contributed by atoms with Crippen molar-refractivity contribution in [2.24, 2.45) is 11.1 Å². The minimum absolute atomic E-state index is 0.0594. The van der Waals surface area contributed by atoms with Gasteiger partial charge in [-0.05, 0) is 43.9 Å². The van der Waals surface area contributed by atoms with Crippen molar-refractivity contribution < 1.29 is 4.39 Å². The normalized spacial score (nSPS) is 14.1. The first-order valence-electron chi connectivity index (χ1n) is 7.59. The first kappa shape index (κ1) is 16.0. The summed E-state index contributed by atoms with van der Waals surface area (Å²) >= 11 is 0. The lowest BCUT2D eigenvalue weighted by molar-refractivity contribution is 0.334. The largest absolute Gasteiger partial charge is 0.327 e. The SMILES string of the molecule is CC(C)n1c(CC(N)CC(C)(C)C)nc2ccc(F)cc21. The maximum atomic E-state index is 13.5. The fraction of sp³-hybridized carbons (Fsp3) is 0.588. The Hall–Kier alpha value is -1.42. The summed E-state index contributed by atoms with van der Waals surface area (Å²) < 4.78 is 15.6. The number of nitrogens with zero attached hydrogens (tertiary/aromatic N) is 2. The zero-order valence-electron chi connectivity index (χ0n) is 13.7. The molecular weight excluding hydrogens is 265 g/mol. The van der Waals surface area contributed by atoms with Crippen molar-refractivity contribution in [2.45, 2.75) is 59.5 Å². The summed E-state index contributed by atoms with van der Waals surface area (Å²) in [5, 5.41) is 0. The van der Waals surface area contributed by atoms with E-state index in [4.69, 9.17) is 5.73 Å². The van der Waals surface area contributed by atoms with Gasteiger partial charge >= 0.3 is 0 Å². The molecule has 1 heterocycles. The molecule has 1 aromatic heterocycles. The monoisotopic (exact) mass is 291 g/mol. The van der Waals surface area contributed by atoms with Crippen molar-refractivity contribution in [3.05, 3.63) is 29.8 Å². The summed E-state index contributed by atoms with van der Waals surface area (Å²) in [7, 11) is 0. The van der Waals surface area contributed by atoms with Gasteiger partial charge in [0.25, 0.3) is 0 Å². The Kier molecular flexibility index (Phi) is 4.38. The average molecular weight is 291 g/mol. The number of hydrogen-bond acceptors (Lipinski definition) is 2. The van der Waals surface area contributed by atoms with Gasteiger partial charge in [0.2, 0.25) is 0 Å². The molecule has 4 heteroatoms. The Balaban J connectivity index is 2.37. The molecule has 2 N–H and O–H groups in total. The lowest BCUT2D eigenvalue weighted by atomic mass is 9.87. The summed E-state index contributed by atoms with van der Waals surface area (Å²) in [6.07, 6.45) is 1.65. The number of imidazole rings is 1. The topological polar surface area (TPSA) is 43.8 Å². The van der Waals surface area contributed by atoms with Crippen LogP contribution in [0.3, 0.4) is 0 Å².